The zero-order valence-corrected chi connectivity index (χ0v) is 24.7. The number of methoxy groups -OCH3 is 1. The number of amides is 1. The average Bonchev–Trinajstić information content (AvgIpc) is 3.51. The number of hydrogen-bond donors (Lipinski definition) is 3. The molecule has 10 heteroatoms. The van der Waals surface area contributed by atoms with Gasteiger partial charge in [-0.2, -0.15) is 0 Å². The maximum Gasteiger partial charge on any atom is 0.253 e. The van der Waals surface area contributed by atoms with E-state index >= 15 is 0 Å². The fourth-order valence-electron chi connectivity index (χ4n) is 6.14. The quantitative estimate of drug-likeness (QED) is 0.295. The molecule has 3 N–H and O–H groups in total. The lowest BCUT2D eigenvalue weighted by Crippen LogP contribution is -2.52. The topological polar surface area (TPSA) is 102 Å². The number of likely N-dealkylation sites (N-methyl/N-ethyl adjacent to an activating group) is 1. The zero-order valence-electron chi connectivity index (χ0n) is 24.7. The molecule has 0 atom stereocenters. The molecule has 2 fully saturated rings. The summed E-state index contributed by atoms with van der Waals surface area (Å²) in [5.74, 6) is 1.96. The van der Waals surface area contributed by atoms with Crippen LogP contribution in [0.5, 0.6) is 5.75 Å². The summed E-state index contributed by atoms with van der Waals surface area (Å²) in [6, 6.07) is 16.5. The molecule has 0 radical (unpaired) electrons. The molecule has 4 aromatic rings. The Morgan fingerprint density at radius 1 is 1.02 bits per heavy atom. The molecule has 10 nitrogen and oxygen atoms in total. The Bertz CT molecular complexity index is 1540. The number of carbonyl (C=O) groups is 1. The second-order valence-electron chi connectivity index (χ2n) is 11.2. The molecule has 4 heterocycles. The fourth-order valence-corrected chi connectivity index (χ4v) is 6.14. The van der Waals surface area contributed by atoms with Gasteiger partial charge in [-0.05, 0) is 44.2 Å². The normalized spacial score (nSPS) is 17.0. The van der Waals surface area contributed by atoms with Gasteiger partial charge in [0.25, 0.3) is 5.91 Å². The summed E-state index contributed by atoms with van der Waals surface area (Å²) in [4.78, 5) is 33.0. The van der Waals surface area contributed by atoms with E-state index in [1.807, 2.05) is 30.5 Å². The molecule has 1 amide bonds. The zero-order chi connectivity index (χ0) is 29.1. The molecule has 2 aliphatic rings. The summed E-state index contributed by atoms with van der Waals surface area (Å²) in [6.45, 7) is 6.80. The van der Waals surface area contributed by atoms with Crippen molar-refractivity contribution in [2.24, 2.45) is 0 Å². The van der Waals surface area contributed by atoms with Crippen LogP contribution in [0.25, 0.3) is 11.0 Å². The molecule has 2 aromatic carbocycles. The number of nitrogens with zero attached hydrogens (tertiary/aromatic N) is 5. The van der Waals surface area contributed by atoms with E-state index in [1.165, 1.54) is 44.7 Å². The van der Waals surface area contributed by atoms with Crippen molar-refractivity contribution in [2.45, 2.75) is 25.3 Å². The number of piperazine rings is 1. The van der Waals surface area contributed by atoms with Gasteiger partial charge in [0.05, 0.1) is 23.9 Å². The first-order valence-corrected chi connectivity index (χ1v) is 14.8. The maximum atomic E-state index is 12.4. The first-order chi connectivity index (χ1) is 20.5. The van der Waals surface area contributed by atoms with Crippen LogP contribution in [0, 0.1) is 0 Å². The Morgan fingerprint density at radius 2 is 1.81 bits per heavy atom. The van der Waals surface area contributed by atoms with E-state index in [1.54, 1.807) is 20.2 Å². The third-order valence-corrected chi connectivity index (χ3v) is 8.61. The Morgan fingerprint density at radius 3 is 2.57 bits per heavy atom. The van der Waals surface area contributed by atoms with Crippen molar-refractivity contribution in [3.63, 3.8) is 0 Å². The molecule has 2 aliphatic heterocycles. The number of H-pyrrole nitrogens is 1. The van der Waals surface area contributed by atoms with Crippen molar-refractivity contribution in [3.05, 3.63) is 71.7 Å². The Hall–Kier alpha value is -4.15. The second-order valence-corrected chi connectivity index (χ2v) is 11.2. The average molecular weight is 569 g/mol. The van der Waals surface area contributed by atoms with E-state index in [4.69, 9.17) is 14.7 Å². The van der Waals surface area contributed by atoms with Gasteiger partial charge in [0.1, 0.15) is 17.1 Å². The van der Waals surface area contributed by atoms with E-state index in [0.717, 1.165) is 35.4 Å². The number of aromatic amines is 1. The summed E-state index contributed by atoms with van der Waals surface area (Å²) in [6.07, 6.45) is 4.75. The Kier molecular flexibility index (Phi) is 8.25. The number of hydrogen-bond acceptors (Lipinski definition) is 8. The van der Waals surface area contributed by atoms with Crippen molar-refractivity contribution < 1.29 is 9.53 Å². The van der Waals surface area contributed by atoms with E-state index in [0.29, 0.717) is 35.4 Å². The lowest BCUT2D eigenvalue weighted by molar-refractivity contribution is 0.0964. The summed E-state index contributed by atoms with van der Waals surface area (Å²) in [5, 5.41) is 6.07. The fraction of sp³-hybridized carbons (Fsp3) is 0.406. The molecule has 0 aliphatic carbocycles. The molecular formula is C32H40N8O2. The van der Waals surface area contributed by atoms with Gasteiger partial charge < -0.3 is 30.2 Å². The van der Waals surface area contributed by atoms with Crippen LogP contribution in [0.3, 0.4) is 0 Å². The number of anilines is 3. The molecule has 6 rings (SSSR count). The van der Waals surface area contributed by atoms with Gasteiger partial charge in [-0.25, -0.2) is 9.97 Å². The highest BCUT2D eigenvalue weighted by Gasteiger charge is 2.27. The van der Waals surface area contributed by atoms with Crippen molar-refractivity contribution in [3.8, 4) is 5.75 Å². The number of ether oxygens (including phenoxy) is 1. The maximum absolute atomic E-state index is 12.4. The SMILES string of the molecule is CNC(=O)c1ccccc1Nc1nc(Cc2ccc(N3CCC(N4CCN(C)CC4)CC3)cc2OC)nc2cc[nH]c12. The number of aromatic nitrogens is 3. The van der Waals surface area contributed by atoms with Crippen molar-refractivity contribution >= 4 is 34.1 Å². The van der Waals surface area contributed by atoms with Gasteiger partial charge in [-0.15, -0.1) is 0 Å². The van der Waals surface area contributed by atoms with E-state index in [-0.39, 0.29) is 5.91 Å². The summed E-state index contributed by atoms with van der Waals surface area (Å²) in [5.41, 5.74) is 5.04. The minimum Gasteiger partial charge on any atom is -0.496 e. The monoisotopic (exact) mass is 568 g/mol. The van der Waals surface area contributed by atoms with Crippen LogP contribution in [0.1, 0.15) is 34.6 Å². The highest BCUT2D eigenvalue weighted by Crippen LogP contribution is 2.31. The van der Waals surface area contributed by atoms with E-state index < -0.39 is 0 Å². The van der Waals surface area contributed by atoms with Crippen LogP contribution >= 0.6 is 0 Å². The van der Waals surface area contributed by atoms with Gasteiger partial charge in [0, 0.05) is 82.3 Å². The number of carbonyl (C=O) groups excluding carboxylic acids is 1. The number of nitrogens with one attached hydrogen (secondary N) is 3. The van der Waals surface area contributed by atoms with Crippen molar-refractivity contribution in [2.75, 3.05) is 70.7 Å². The Balaban J connectivity index is 1.19. The van der Waals surface area contributed by atoms with Crippen molar-refractivity contribution in [1.82, 2.24) is 30.1 Å². The van der Waals surface area contributed by atoms with Gasteiger partial charge in [-0.3, -0.25) is 9.69 Å². The van der Waals surface area contributed by atoms with Gasteiger partial charge in [0.2, 0.25) is 0 Å². The van der Waals surface area contributed by atoms with Gasteiger partial charge in [0.15, 0.2) is 5.82 Å². The molecule has 0 unspecified atom stereocenters. The lowest BCUT2D eigenvalue weighted by atomic mass is 10.0. The molecule has 220 valence electrons. The number of rotatable bonds is 8. The number of benzene rings is 2. The van der Waals surface area contributed by atoms with Crippen LogP contribution in [0.2, 0.25) is 0 Å². The second kappa shape index (κ2) is 12.4. The molecular weight excluding hydrogens is 528 g/mol. The predicted molar refractivity (Wildman–Crippen MR) is 167 cm³/mol. The lowest BCUT2D eigenvalue weighted by Gasteiger charge is -2.42. The van der Waals surface area contributed by atoms with Crippen molar-refractivity contribution in [1.29, 1.82) is 0 Å². The highest BCUT2D eigenvalue weighted by atomic mass is 16.5. The van der Waals surface area contributed by atoms with Crippen LogP contribution < -0.4 is 20.3 Å². The third kappa shape index (κ3) is 5.91. The summed E-state index contributed by atoms with van der Waals surface area (Å²) >= 11 is 0. The van der Waals surface area contributed by atoms with Crippen LogP contribution in [-0.2, 0) is 6.42 Å². The predicted octanol–water partition coefficient (Wildman–Crippen LogP) is 3.88. The highest BCUT2D eigenvalue weighted by molar-refractivity contribution is 6.01. The van der Waals surface area contributed by atoms with E-state index in [2.05, 4.69) is 55.6 Å². The summed E-state index contributed by atoms with van der Waals surface area (Å²) in [7, 11) is 5.56. The standard InChI is InChI=1S/C32H40N8O2/c1-33-32(41)25-6-4-5-7-26(25)36-31-30-27(10-13-34-30)35-29(37-31)20-22-8-9-24(21-28(22)42-3)39-14-11-23(12-15-39)40-18-16-38(2)17-19-40/h4-10,13,21,23,34H,11-12,14-20H2,1-3H3,(H,33,41)(H,35,36,37). The number of fused-ring (bicyclic) bond motifs is 1. The van der Waals surface area contributed by atoms with Gasteiger partial charge in [-0.1, -0.05) is 18.2 Å². The minimum absolute atomic E-state index is 0.163. The van der Waals surface area contributed by atoms with Crippen LogP contribution in [-0.4, -0.2) is 97.2 Å². The molecule has 2 aromatic heterocycles. The molecule has 2 saturated heterocycles. The molecule has 42 heavy (non-hydrogen) atoms. The van der Waals surface area contributed by atoms with Crippen LogP contribution in [0.15, 0.2) is 54.7 Å². The molecule has 0 saturated carbocycles. The third-order valence-electron chi connectivity index (χ3n) is 8.61. The first kappa shape index (κ1) is 28.0. The molecule has 0 spiro atoms. The van der Waals surface area contributed by atoms with E-state index in [9.17, 15) is 4.79 Å². The molecule has 0 bridgehead atoms. The van der Waals surface area contributed by atoms with Gasteiger partial charge >= 0.3 is 0 Å². The Labute approximate surface area is 247 Å². The smallest absolute Gasteiger partial charge is 0.253 e. The van der Waals surface area contributed by atoms with Crippen LogP contribution in [0.4, 0.5) is 17.2 Å². The summed E-state index contributed by atoms with van der Waals surface area (Å²) < 4.78 is 5.87. The first-order valence-electron chi connectivity index (χ1n) is 14.8. The number of para-hydroxylation sites is 1. The largest absolute Gasteiger partial charge is 0.496 e. The minimum atomic E-state index is -0.163. The number of piperidine rings is 1.